The molecule has 0 radical (unpaired) electrons. The zero-order valence-corrected chi connectivity index (χ0v) is 9.70. The molecule has 0 aromatic carbocycles. The predicted molar refractivity (Wildman–Crippen MR) is 60.0 cm³/mol. The minimum atomic E-state index is -0.711. The molecule has 1 aliphatic rings. The third-order valence-corrected chi connectivity index (χ3v) is 2.78. The van der Waals surface area contributed by atoms with Gasteiger partial charge in [0.05, 0.1) is 6.42 Å². The molecule has 0 aromatic heterocycles. The van der Waals surface area contributed by atoms with Gasteiger partial charge in [0.2, 0.25) is 0 Å². The Kier molecular flexibility index (Phi) is 5.05. The van der Waals surface area contributed by atoms with E-state index in [4.69, 9.17) is 5.11 Å². The molecule has 1 rings (SSSR count). The highest BCUT2D eigenvalue weighted by molar-refractivity contribution is 5.67. The molecular formula is C11H22N2O2. The highest BCUT2D eigenvalue weighted by Crippen LogP contribution is 2.08. The molecule has 1 aliphatic heterocycles. The van der Waals surface area contributed by atoms with E-state index in [0.29, 0.717) is 6.04 Å². The summed E-state index contributed by atoms with van der Waals surface area (Å²) < 4.78 is 0. The van der Waals surface area contributed by atoms with E-state index in [1.165, 1.54) is 12.8 Å². The largest absolute Gasteiger partial charge is 0.481 e. The van der Waals surface area contributed by atoms with Gasteiger partial charge in [-0.05, 0) is 19.9 Å². The maximum absolute atomic E-state index is 10.6. The number of carbonyl (C=O) groups is 1. The summed E-state index contributed by atoms with van der Waals surface area (Å²) in [6, 6.07) is 0.517. The van der Waals surface area contributed by atoms with E-state index in [1.807, 2.05) is 0 Å². The van der Waals surface area contributed by atoms with Gasteiger partial charge in [0.25, 0.3) is 0 Å². The monoisotopic (exact) mass is 214 g/mol. The van der Waals surface area contributed by atoms with Gasteiger partial charge in [-0.2, -0.15) is 0 Å². The number of unbranched alkanes of at least 4 members (excludes halogenated alkanes) is 1. The van der Waals surface area contributed by atoms with Crippen LogP contribution in [-0.4, -0.2) is 47.7 Å². The highest BCUT2D eigenvalue weighted by atomic mass is 16.4. The standard InChI is InChI=1S/C11H22N2O2/c1-3-4-5-13-7-9(2)12-10(8-13)6-11(14)15/h9-10,12H,3-8H2,1-2H3,(H,14,15). The normalized spacial score (nSPS) is 27.9. The Morgan fingerprint density at radius 1 is 1.53 bits per heavy atom. The third kappa shape index (κ3) is 4.62. The molecule has 0 aromatic rings. The van der Waals surface area contributed by atoms with Crippen LogP contribution in [0.15, 0.2) is 0 Å². The molecule has 4 heteroatoms. The zero-order valence-electron chi connectivity index (χ0n) is 9.70. The molecule has 1 heterocycles. The van der Waals surface area contributed by atoms with Crippen LogP contribution in [0.2, 0.25) is 0 Å². The fourth-order valence-corrected chi connectivity index (χ4v) is 2.18. The van der Waals surface area contributed by atoms with Gasteiger partial charge in [-0.3, -0.25) is 4.79 Å². The summed E-state index contributed by atoms with van der Waals surface area (Å²) in [6.07, 6.45) is 2.63. The molecule has 4 nitrogen and oxygen atoms in total. The Hall–Kier alpha value is -0.610. The maximum Gasteiger partial charge on any atom is 0.304 e. The van der Waals surface area contributed by atoms with Crippen molar-refractivity contribution in [3.05, 3.63) is 0 Å². The number of nitrogens with zero attached hydrogens (tertiary/aromatic N) is 1. The van der Waals surface area contributed by atoms with Crippen LogP contribution in [0, 0.1) is 0 Å². The van der Waals surface area contributed by atoms with Crippen molar-refractivity contribution >= 4 is 5.97 Å². The maximum atomic E-state index is 10.6. The van der Waals surface area contributed by atoms with Crippen LogP contribution < -0.4 is 5.32 Å². The molecular weight excluding hydrogens is 192 g/mol. The van der Waals surface area contributed by atoms with Crippen molar-refractivity contribution in [1.29, 1.82) is 0 Å². The summed E-state index contributed by atoms with van der Waals surface area (Å²) in [7, 11) is 0. The van der Waals surface area contributed by atoms with Crippen molar-refractivity contribution in [2.24, 2.45) is 0 Å². The fraction of sp³-hybridized carbons (Fsp3) is 0.909. The lowest BCUT2D eigenvalue weighted by atomic mass is 10.1. The van der Waals surface area contributed by atoms with Gasteiger partial charge in [-0.1, -0.05) is 13.3 Å². The van der Waals surface area contributed by atoms with E-state index in [-0.39, 0.29) is 12.5 Å². The number of carboxylic acids is 1. The first kappa shape index (κ1) is 12.5. The van der Waals surface area contributed by atoms with E-state index >= 15 is 0 Å². The smallest absolute Gasteiger partial charge is 0.304 e. The molecule has 0 saturated carbocycles. The van der Waals surface area contributed by atoms with Gasteiger partial charge >= 0.3 is 5.97 Å². The highest BCUT2D eigenvalue weighted by Gasteiger charge is 2.24. The van der Waals surface area contributed by atoms with E-state index in [1.54, 1.807) is 0 Å². The SMILES string of the molecule is CCCCN1CC(C)NC(CC(=O)O)C1. The molecule has 2 unspecified atom stereocenters. The Labute approximate surface area is 91.6 Å². The summed E-state index contributed by atoms with van der Waals surface area (Å²) in [5.41, 5.74) is 0. The van der Waals surface area contributed by atoms with E-state index in [9.17, 15) is 4.79 Å². The second kappa shape index (κ2) is 6.08. The third-order valence-electron chi connectivity index (χ3n) is 2.78. The summed E-state index contributed by atoms with van der Waals surface area (Å²) in [6.45, 7) is 7.30. The molecule has 15 heavy (non-hydrogen) atoms. The zero-order chi connectivity index (χ0) is 11.3. The van der Waals surface area contributed by atoms with Gasteiger partial charge in [0.1, 0.15) is 0 Å². The fourth-order valence-electron chi connectivity index (χ4n) is 2.18. The molecule has 0 bridgehead atoms. The van der Waals surface area contributed by atoms with Crippen LogP contribution in [-0.2, 0) is 4.79 Å². The Morgan fingerprint density at radius 2 is 2.27 bits per heavy atom. The van der Waals surface area contributed by atoms with Crippen LogP contribution in [0.3, 0.4) is 0 Å². The summed E-state index contributed by atoms with van der Waals surface area (Å²) in [5, 5.41) is 12.1. The van der Waals surface area contributed by atoms with Crippen molar-refractivity contribution in [2.45, 2.75) is 45.2 Å². The molecule has 0 spiro atoms. The van der Waals surface area contributed by atoms with Gasteiger partial charge in [-0.15, -0.1) is 0 Å². The second-order valence-corrected chi connectivity index (χ2v) is 4.48. The van der Waals surface area contributed by atoms with E-state index < -0.39 is 5.97 Å². The van der Waals surface area contributed by atoms with Crippen LogP contribution in [0.5, 0.6) is 0 Å². The van der Waals surface area contributed by atoms with Crippen LogP contribution in [0.4, 0.5) is 0 Å². The van der Waals surface area contributed by atoms with Crippen molar-refractivity contribution in [2.75, 3.05) is 19.6 Å². The first-order valence-corrected chi connectivity index (χ1v) is 5.82. The van der Waals surface area contributed by atoms with E-state index in [0.717, 1.165) is 19.6 Å². The Morgan fingerprint density at radius 3 is 2.87 bits per heavy atom. The Bertz CT molecular complexity index is 209. The lowest BCUT2D eigenvalue weighted by Gasteiger charge is -2.37. The van der Waals surface area contributed by atoms with Gasteiger partial charge in [0, 0.05) is 25.2 Å². The number of nitrogens with one attached hydrogen (secondary N) is 1. The number of hydrogen-bond acceptors (Lipinski definition) is 3. The number of piperazine rings is 1. The van der Waals surface area contributed by atoms with Gasteiger partial charge < -0.3 is 15.3 Å². The molecule has 2 N–H and O–H groups in total. The molecule has 1 saturated heterocycles. The predicted octanol–water partition coefficient (Wildman–Crippen LogP) is 0.923. The molecule has 1 fully saturated rings. The van der Waals surface area contributed by atoms with Crippen molar-refractivity contribution in [1.82, 2.24) is 10.2 Å². The molecule has 0 aliphatic carbocycles. The number of aliphatic carboxylic acids is 1. The lowest BCUT2D eigenvalue weighted by Crippen LogP contribution is -2.56. The molecule has 0 amide bonds. The first-order chi connectivity index (χ1) is 7.11. The Balaban J connectivity index is 2.37. The quantitative estimate of drug-likeness (QED) is 0.714. The van der Waals surface area contributed by atoms with Gasteiger partial charge in [0.15, 0.2) is 0 Å². The minimum Gasteiger partial charge on any atom is -0.481 e. The second-order valence-electron chi connectivity index (χ2n) is 4.48. The van der Waals surface area contributed by atoms with Crippen molar-refractivity contribution in [3.63, 3.8) is 0 Å². The number of rotatable bonds is 5. The summed E-state index contributed by atoms with van der Waals surface area (Å²) in [4.78, 5) is 13.0. The minimum absolute atomic E-state index is 0.114. The summed E-state index contributed by atoms with van der Waals surface area (Å²) >= 11 is 0. The molecule has 2 atom stereocenters. The number of hydrogen-bond donors (Lipinski definition) is 2. The lowest BCUT2D eigenvalue weighted by molar-refractivity contribution is -0.137. The van der Waals surface area contributed by atoms with Crippen molar-refractivity contribution < 1.29 is 9.90 Å². The van der Waals surface area contributed by atoms with Crippen LogP contribution >= 0.6 is 0 Å². The topological polar surface area (TPSA) is 52.6 Å². The van der Waals surface area contributed by atoms with E-state index in [2.05, 4.69) is 24.1 Å². The average Bonchev–Trinajstić information content (AvgIpc) is 2.12. The molecule has 88 valence electrons. The number of carboxylic acid groups (broad SMARTS) is 1. The first-order valence-electron chi connectivity index (χ1n) is 5.82. The van der Waals surface area contributed by atoms with Gasteiger partial charge in [-0.25, -0.2) is 0 Å². The van der Waals surface area contributed by atoms with Crippen molar-refractivity contribution in [3.8, 4) is 0 Å². The summed E-state index contributed by atoms with van der Waals surface area (Å²) in [5.74, 6) is -0.711. The average molecular weight is 214 g/mol. The van der Waals surface area contributed by atoms with Crippen LogP contribution in [0.25, 0.3) is 0 Å². The van der Waals surface area contributed by atoms with Crippen LogP contribution in [0.1, 0.15) is 33.1 Å².